The molecular weight excluding hydrogens is 348 g/mol. The van der Waals surface area contributed by atoms with Crippen LogP contribution in [0.2, 0.25) is 0 Å². The number of nitrogens with one attached hydrogen (secondary N) is 1. The van der Waals surface area contributed by atoms with Crippen molar-refractivity contribution in [2.45, 2.75) is 32.2 Å². The largest absolute Gasteiger partial charge is 0.375 e. The molecule has 1 aromatic heterocycles. The smallest absolute Gasteiger partial charge is 0.193 e. The highest BCUT2D eigenvalue weighted by molar-refractivity contribution is 5.80. The summed E-state index contributed by atoms with van der Waals surface area (Å²) in [5, 5.41) is 3.57. The number of likely N-dealkylation sites (tertiary alicyclic amines) is 1. The summed E-state index contributed by atoms with van der Waals surface area (Å²) >= 11 is 0. The van der Waals surface area contributed by atoms with E-state index in [-0.39, 0.29) is 0 Å². The van der Waals surface area contributed by atoms with Crippen molar-refractivity contribution in [3.8, 4) is 0 Å². The van der Waals surface area contributed by atoms with Crippen molar-refractivity contribution in [2.24, 2.45) is 10.9 Å². The molecule has 2 atom stereocenters. The fraction of sp³-hybridized carbons (Fsp3) is 0.545. The van der Waals surface area contributed by atoms with E-state index in [4.69, 9.17) is 0 Å². The number of anilines is 1. The number of hydrogen-bond acceptors (Lipinski definition) is 3. The molecule has 1 aliphatic heterocycles. The lowest BCUT2D eigenvalue weighted by atomic mass is 9.93. The number of piperidine rings is 1. The Morgan fingerprint density at radius 2 is 2.11 bits per heavy atom. The van der Waals surface area contributed by atoms with Crippen LogP contribution in [0.5, 0.6) is 0 Å². The summed E-state index contributed by atoms with van der Waals surface area (Å²) in [4.78, 5) is 13.5. The molecule has 1 N–H and O–H groups in total. The average molecular weight is 383 g/mol. The average Bonchev–Trinajstić information content (AvgIpc) is 3.26. The third-order valence-electron chi connectivity index (χ3n) is 5.74. The van der Waals surface area contributed by atoms with E-state index in [2.05, 4.69) is 80.2 Å². The molecule has 6 nitrogen and oxygen atoms in total. The number of aliphatic imine (C=N–C) groups is 1. The number of benzene rings is 1. The maximum absolute atomic E-state index is 4.53. The highest BCUT2D eigenvalue weighted by Crippen LogP contribution is 2.27. The molecule has 2 aromatic rings. The van der Waals surface area contributed by atoms with Gasteiger partial charge in [-0.3, -0.25) is 4.99 Å². The van der Waals surface area contributed by atoms with E-state index in [1.54, 1.807) is 0 Å². The van der Waals surface area contributed by atoms with Crippen LogP contribution in [-0.2, 0) is 0 Å². The van der Waals surface area contributed by atoms with E-state index < -0.39 is 0 Å². The monoisotopic (exact) mass is 382 g/mol. The molecule has 2 unspecified atom stereocenters. The molecule has 1 aliphatic rings. The number of unbranched alkanes of at least 4 members (excludes halogenated alkanes) is 1. The first-order chi connectivity index (χ1) is 13.7. The summed E-state index contributed by atoms with van der Waals surface area (Å²) in [7, 11) is 4.04. The van der Waals surface area contributed by atoms with E-state index in [1.165, 1.54) is 12.1 Å². The van der Waals surface area contributed by atoms with Gasteiger partial charge in [-0.05, 0) is 37.3 Å². The summed E-state index contributed by atoms with van der Waals surface area (Å²) < 4.78 is 2.24. The SMILES string of the molecule is CN=C(NCCCCN(C)c1ccccc1)N1CCC(C)C(n2ccnc2)C1. The second-order valence-corrected chi connectivity index (χ2v) is 7.73. The van der Waals surface area contributed by atoms with Gasteiger partial charge < -0.3 is 19.7 Å². The minimum atomic E-state index is 0.453. The number of guanidine groups is 1. The van der Waals surface area contributed by atoms with Gasteiger partial charge in [0.25, 0.3) is 0 Å². The summed E-state index contributed by atoms with van der Waals surface area (Å²) in [5.41, 5.74) is 1.28. The van der Waals surface area contributed by atoms with Gasteiger partial charge in [0.15, 0.2) is 5.96 Å². The lowest BCUT2D eigenvalue weighted by Crippen LogP contribution is -2.49. The van der Waals surface area contributed by atoms with Gasteiger partial charge >= 0.3 is 0 Å². The van der Waals surface area contributed by atoms with Crippen LogP contribution in [0.25, 0.3) is 0 Å². The molecular formula is C22H34N6. The van der Waals surface area contributed by atoms with Crippen molar-refractivity contribution < 1.29 is 0 Å². The van der Waals surface area contributed by atoms with Gasteiger partial charge in [-0.1, -0.05) is 25.1 Å². The van der Waals surface area contributed by atoms with Crippen molar-refractivity contribution in [1.29, 1.82) is 0 Å². The Balaban J connectivity index is 1.42. The summed E-state index contributed by atoms with van der Waals surface area (Å²) in [6, 6.07) is 11.0. The molecule has 2 heterocycles. The quantitative estimate of drug-likeness (QED) is 0.454. The molecule has 1 aromatic carbocycles. The first-order valence-corrected chi connectivity index (χ1v) is 10.4. The van der Waals surface area contributed by atoms with Gasteiger partial charge in [0.1, 0.15) is 0 Å². The number of imidazole rings is 1. The van der Waals surface area contributed by atoms with Crippen LogP contribution in [0.15, 0.2) is 54.0 Å². The van der Waals surface area contributed by atoms with Gasteiger partial charge in [0.2, 0.25) is 0 Å². The third-order valence-corrected chi connectivity index (χ3v) is 5.74. The van der Waals surface area contributed by atoms with E-state index in [0.29, 0.717) is 12.0 Å². The second kappa shape index (κ2) is 10.2. The molecule has 0 radical (unpaired) electrons. The zero-order valence-corrected chi connectivity index (χ0v) is 17.5. The molecule has 0 amide bonds. The predicted molar refractivity (Wildman–Crippen MR) is 117 cm³/mol. The Morgan fingerprint density at radius 1 is 1.29 bits per heavy atom. The Morgan fingerprint density at radius 3 is 2.82 bits per heavy atom. The fourth-order valence-electron chi connectivity index (χ4n) is 3.91. The Kier molecular flexibility index (Phi) is 7.34. The van der Waals surface area contributed by atoms with Gasteiger partial charge in [-0.2, -0.15) is 0 Å². The molecule has 152 valence electrons. The predicted octanol–water partition coefficient (Wildman–Crippen LogP) is 3.26. The fourth-order valence-corrected chi connectivity index (χ4v) is 3.91. The van der Waals surface area contributed by atoms with Gasteiger partial charge in [-0.15, -0.1) is 0 Å². The minimum Gasteiger partial charge on any atom is -0.375 e. The van der Waals surface area contributed by atoms with Crippen LogP contribution in [0.3, 0.4) is 0 Å². The molecule has 0 aliphatic carbocycles. The first kappa shape index (κ1) is 20.2. The molecule has 1 fully saturated rings. The van der Waals surface area contributed by atoms with Crippen molar-refractivity contribution in [3.63, 3.8) is 0 Å². The van der Waals surface area contributed by atoms with Gasteiger partial charge in [0.05, 0.1) is 12.4 Å². The van der Waals surface area contributed by atoms with E-state index in [1.807, 2.05) is 19.6 Å². The molecule has 28 heavy (non-hydrogen) atoms. The van der Waals surface area contributed by atoms with Crippen molar-refractivity contribution in [2.75, 3.05) is 45.2 Å². The number of hydrogen-bond donors (Lipinski definition) is 1. The zero-order valence-electron chi connectivity index (χ0n) is 17.5. The molecule has 3 rings (SSSR count). The van der Waals surface area contributed by atoms with E-state index in [9.17, 15) is 0 Å². The Hall–Kier alpha value is -2.50. The number of para-hydroxylation sites is 1. The third kappa shape index (κ3) is 5.27. The van der Waals surface area contributed by atoms with Crippen LogP contribution < -0.4 is 10.2 Å². The van der Waals surface area contributed by atoms with Crippen LogP contribution >= 0.6 is 0 Å². The zero-order chi connectivity index (χ0) is 19.8. The maximum Gasteiger partial charge on any atom is 0.193 e. The summed E-state index contributed by atoms with van der Waals surface area (Å²) in [6.07, 6.45) is 9.33. The molecule has 1 saturated heterocycles. The highest BCUT2D eigenvalue weighted by atomic mass is 15.3. The van der Waals surface area contributed by atoms with Crippen molar-refractivity contribution in [1.82, 2.24) is 19.8 Å². The van der Waals surface area contributed by atoms with Crippen molar-refractivity contribution >= 4 is 11.6 Å². The molecule has 6 heteroatoms. The maximum atomic E-state index is 4.53. The lowest BCUT2D eigenvalue weighted by molar-refractivity contribution is 0.189. The number of rotatable bonds is 7. The van der Waals surface area contributed by atoms with Gasteiger partial charge in [0, 0.05) is 58.4 Å². The van der Waals surface area contributed by atoms with Crippen LogP contribution in [-0.4, -0.2) is 60.7 Å². The molecule has 0 saturated carbocycles. The molecule has 0 bridgehead atoms. The second-order valence-electron chi connectivity index (χ2n) is 7.73. The number of nitrogens with zero attached hydrogens (tertiary/aromatic N) is 5. The van der Waals surface area contributed by atoms with E-state index >= 15 is 0 Å². The van der Waals surface area contributed by atoms with Crippen LogP contribution in [0.1, 0.15) is 32.2 Å². The standard InChI is InChI=1S/C22H34N6/c1-19-11-15-27(17-21(19)28-16-13-24-18-28)22(23-2)25-12-7-8-14-26(3)20-9-5-4-6-10-20/h4-6,9-10,13,16,18-19,21H,7-8,11-12,14-15,17H2,1-3H3,(H,23,25). The lowest BCUT2D eigenvalue weighted by Gasteiger charge is -2.39. The first-order valence-electron chi connectivity index (χ1n) is 10.4. The Labute approximate surface area is 169 Å². The van der Waals surface area contributed by atoms with E-state index in [0.717, 1.165) is 45.0 Å². The topological polar surface area (TPSA) is 48.7 Å². The normalized spacial score (nSPS) is 20.2. The summed E-state index contributed by atoms with van der Waals surface area (Å²) in [6.45, 7) is 6.39. The number of aromatic nitrogens is 2. The highest BCUT2D eigenvalue weighted by Gasteiger charge is 2.28. The van der Waals surface area contributed by atoms with Gasteiger partial charge in [-0.25, -0.2) is 4.98 Å². The molecule has 0 spiro atoms. The van der Waals surface area contributed by atoms with Crippen LogP contribution in [0.4, 0.5) is 5.69 Å². The van der Waals surface area contributed by atoms with Crippen LogP contribution in [0, 0.1) is 5.92 Å². The minimum absolute atomic E-state index is 0.453. The van der Waals surface area contributed by atoms with Crippen molar-refractivity contribution in [3.05, 3.63) is 49.1 Å². The summed E-state index contributed by atoms with van der Waals surface area (Å²) in [5.74, 6) is 1.67. The Bertz CT molecular complexity index is 712.